The molecule has 1 fully saturated rings. The molecule has 0 aromatic rings. The molecule has 0 N–H and O–H groups in total. The maximum absolute atomic E-state index is 10.3. The summed E-state index contributed by atoms with van der Waals surface area (Å²) in [6, 6.07) is 0. The zero-order valence-electron chi connectivity index (χ0n) is 4.23. The van der Waals surface area contributed by atoms with Crippen molar-refractivity contribution in [1.29, 1.82) is 0 Å². The van der Waals surface area contributed by atoms with E-state index in [9.17, 15) is 4.79 Å². The summed E-state index contributed by atoms with van der Waals surface area (Å²) in [5, 5.41) is -0.257. The summed E-state index contributed by atoms with van der Waals surface area (Å²) in [6.45, 7) is 0. The highest BCUT2D eigenvalue weighted by molar-refractivity contribution is 9.10. The monoisotopic (exact) mass is 196 g/mol. The summed E-state index contributed by atoms with van der Waals surface area (Å²) in [5.74, 6) is 0.528. The number of hydrogen-bond acceptors (Lipinski definition) is 1. The van der Waals surface area contributed by atoms with E-state index in [1.165, 1.54) is 0 Å². The first-order valence-electron chi connectivity index (χ1n) is 2.55. The van der Waals surface area contributed by atoms with Gasteiger partial charge in [-0.05, 0) is 30.4 Å². The van der Waals surface area contributed by atoms with E-state index in [-0.39, 0.29) is 10.1 Å². The van der Waals surface area contributed by atoms with Crippen molar-refractivity contribution in [2.24, 2.45) is 5.92 Å². The van der Waals surface area contributed by atoms with Crippen LogP contribution < -0.4 is 0 Å². The summed E-state index contributed by atoms with van der Waals surface area (Å²) < 4.78 is 0. The number of carbonyl (C=O) groups is 1. The second kappa shape index (κ2) is 2.36. The van der Waals surface area contributed by atoms with Gasteiger partial charge >= 0.3 is 0 Å². The van der Waals surface area contributed by atoms with Crippen LogP contribution in [0.4, 0.5) is 0 Å². The average molecular weight is 197 g/mol. The Balaban J connectivity index is 2.32. The molecular weight excluding hydrogens is 191 g/mol. The molecule has 3 heteroatoms. The van der Waals surface area contributed by atoms with Crippen molar-refractivity contribution in [3.8, 4) is 0 Å². The van der Waals surface area contributed by atoms with Gasteiger partial charge in [0.25, 0.3) is 0 Å². The molecule has 46 valence electrons. The first-order valence-corrected chi connectivity index (χ1v) is 3.84. The summed E-state index contributed by atoms with van der Waals surface area (Å²) in [4.78, 5) is 10.3. The number of halogens is 2. The average Bonchev–Trinajstić information content (AvgIpc) is 2.43. The predicted molar refractivity (Wildman–Crippen MR) is 36.3 cm³/mol. The van der Waals surface area contributed by atoms with Crippen molar-refractivity contribution in [2.45, 2.75) is 17.7 Å². The minimum absolute atomic E-state index is 0.0795. The lowest BCUT2D eigenvalue weighted by Gasteiger charge is -1.96. The molecule has 0 bridgehead atoms. The van der Waals surface area contributed by atoms with Gasteiger partial charge in [0.15, 0.2) is 0 Å². The minimum atomic E-state index is -0.257. The van der Waals surface area contributed by atoms with Crippen molar-refractivity contribution in [2.75, 3.05) is 0 Å². The topological polar surface area (TPSA) is 17.1 Å². The van der Waals surface area contributed by atoms with Crippen LogP contribution in [0.25, 0.3) is 0 Å². The van der Waals surface area contributed by atoms with Gasteiger partial charge in [-0.15, -0.1) is 0 Å². The first kappa shape index (κ1) is 6.56. The molecule has 1 rings (SSSR count). The van der Waals surface area contributed by atoms with Crippen LogP contribution in [0.5, 0.6) is 0 Å². The van der Waals surface area contributed by atoms with Gasteiger partial charge in [-0.2, -0.15) is 0 Å². The fourth-order valence-corrected chi connectivity index (χ4v) is 1.28. The highest BCUT2D eigenvalue weighted by atomic mass is 79.9. The SMILES string of the molecule is O=C(Cl)C(Br)C1CC1. The van der Waals surface area contributed by atoms with Crippen LogP contribution in [0.2, 0.25) is 0 Å². The molecule has 8 heavy (non-hydrogen) atoms. The van der Waals surface area contributed by atoms with E-state index in [0.29, 0.717) is 5.92 Å². The van der Waals surface area contributed by atoms with Crippen molar-refractivity contribution in [3.05, 3.63) is 0 Å². The zero-order chi connectivity index (χ0) is 6.15. The Bertz CT molecular complexity index is 111. The molecule has 0 aliphatic heterocycles. The molecule has 0 spiro atoms. The number of hydrogen-bond donors (Lipinski definition) is 0. The van der Waals surface area contributed by atoms with Gasteiger partial charge in [0.2, 0.25) is 5.24 Å². The zero-order valence-corrected chi connectivity index (χ0v) is 6.58. The molecule has 0 saturated heterocycles. The molecule has 1 aliphatic rings. The van der Waals surface area contributed by atoms with Gasteiger partial charge in [0.05, 0.1) is 4.83 Å². The van der Waals surface area contributed by atoms with E-state index in [2.05, 4.69) is 15.9 Å². The molecule has 0 aromatic heterocycles. The van der Waals surface area contributed by atoms with E-state index in [1.54, 1.807) is 0 Å². The van der Waals surface area contributed by atoms with Crippen LogP contribution in [-0.4, -0.2) is 10.1 Å². The van der Waals surface area contributed by atoms with Gasteiger partial charge < -0.3 is 0 Å². The fraction of sp³-hybridized carbons (Fsp3) is 0.800. The van der Waals surface area contributed by atoms with Crippen molar-refractivity contribution >= 4 is 32.8 Å². The predicted octanol–water partition coefficient (Wildman–Crippen LogP) is 1.93. The molecule has 1 atom stereocenters. The van der Waals surface area contributed by atoms with E-state index in [1.807, 2.05) is 0 Å². The van der Waals surface area contributed by atoms with Crippen LogP contribution >= 0.6 is 27.5 Å². The molecule has 0 radical (unpaired) electrons. The quantitative estimate of drug-likeness (QED) is 0.488. The lowest BCUT2D eigenvalue weighted by Crippen LogP contribution is -2.08. The Hall–Kier alpha value is 0.440. The summed E-state index contributed by atoms with van der Waals surface area (Å²) >= 11 is 8.36. The summed E-state index contributed by atoms with van der Waals surface area (Å²) in [6.07, 6.45) is 2.29. The second-order valence-electron chi connectivity index (χ2n) is 2.04. The van der Waals surface area contributed by atoms with E-state index >= 15 is 0 Å². The van der Waals surface area contributed by atoms with Crippen LogP contribution in [0.15, 0.2) is 0 Å². The van der Waals surface area contributed by atoms with Crippen LogP contribution in [0.1, 0.15) is 12.8 Å². The van der Waals surface area contributed by atoms with Gasteiger partial charge in [0.1, 0.15) is 0 Å². The van der Waals surface area contributed by atoms with E-state index in [4.69, 9.17) is 11.6 Å². The summed E-state index contributed by atoms with van der Waals surface area (Å²) in [5.41, 5.74) is 0. The van der Waals surface area contributed by atoms with Crippen molar-refractivity contribution < 1.29 is 4.79 Å². The highest BCUT2D eigenvalue weighted by Gasteiger charge is 2.32. The van der Waals surface area contributed by atoms with Gasteiger partial charge in [0, 0.05) is 0 Å². The smallest absolute Gasteiger partial charge is 0.235 e. The Morgan fingerprint density at radius 3 is 2.38 bits per heavy atom. The molecule has 0 aromatic carbocycles. The lowest BCUT2D eigenvalue weighted by atomic mass is 10.3. The molecule has 0 amide bonds. The Morgan fingerprint density at radius 2 is 2.25 bits per heavy atom. The Labute approximate surface area is 61.5 Å². The molecule has 1 unspecified atom stereocenters. The molecule has 0 heterocycles. The van der Waals surface area contributed by atoms with Gasteiger partial charge in [-0.3, -0.25) is 4.79 Å². The molecule has 1 nitrogen and oxygen atoms in total. The number of carbonyl (C=O) groups excluding carboxylic acids is 1. The van der Waals surface area contributed by atoms with Crippen LogP contribution in [0, 0.1) is 5.92 Å². The van der Waals surface area contributed by atoms with Gasteiger partial charge in [-0.25, -0.2) is 0 Å². The fourth-order valence-electron chi connectivity index (χ4n) is 0.574. The Morgan fingerprint density at radius 1 is 1.75 bits per heavy atom. The Kier molecular flexibility index (Phi) is 1.93. The lowest BCUT2D eigenvalue weighted by molar-refractivity contribution is -0.111. The third-order valence-corrected chi connectivity index (χ3v) is 2.91. The van der Waals surface area contributed by atoms with Crippen LogP contribution in [0.3, 0.4) is 0 Å². The molecular formula is C5H6BrClO. The van der Waals surface area contributed by atoms with E-state index in [0.717, 1.165) is 12.8 Å². The van der Waals surface area contributed by atoms with Gasteiger partial charge in [-0.1, -0.05) is 15.9 Å². The normalized spacial score (nSPS) is 22.8. The summed E-state index contributed by atoms with van der Waals surface area (Å²) in [7, 11) is 0. The first-order chi connectivity index (χ1) is 3.72. The van der Waals surface area contributed by atoms with Crippen molar-refractivity contribution in [3.63, 3.8) is 0 Å². The maximum atomic E-state index is 10.3. The van der Waals surface area contributed by atoms with Crippen LogP contribution in [-0.2, 0) is 4.79 Å². The third-order valence-electron chi connectivity index (χ3n) is 1.25. The third kappa shape index (κ3) is 1.46. The van der Waals surface area contributed by atoms with E-state index < -0.39 is 0 Å². The standard InChI is InChI=1S/C5H6BrClO/c6-4(5(7)8)3-1-2-3/h3-4H,1-2H2. The second-order valence-corrected chi connectivity index (χ2v) is 3.40. The minimum Gasteiger partial charge on any atom is -0.280 e. The molecule has 1 aliphatic carbocycles. The highest BCUT2D eigenvalue weighted by Crippen LogP contribution is 2.37. The molecule has 1 saturated carbocycles. The van der Waals surface area contributed by atoms with Crippen molar-refractivity contribution in [1.82, 2.24) is 0 Å². The largest absolute Gasteiger partial charge is 0.280 e. The number of rotatable bonds is 2. The number of alkyl halides is 1. The maximum Gasteiger partial charge on any atom is 0.235 e.